The van der Waals surface area contributed by atoms with Gasteiger partial charge in [-0.2, -0.15) is 5.10 Å². The number of halogens is 1. The van der Waals surface area contributed by atoms with Crippen molar-refractivity contribution < 1.29 is 13.9 Å². The predicted molar refractivity (Wildman–Crippen MR) is 68.8 cm³/mol. The summed E-state index contributed by atoms with van der Waals surface area (Å²) in [6.45, 7) is 3.85. The zero-order chi connectivity index (χ0) is 13.8. The zero-order valence-electron chi connectivity index (χ0n) is 10.9. The molecule has 0 radical (unpaired) electrons. The minimum atomic E-state index is -0.359. The Labute approximate surface area is 110 Å². The summed E-state index contributed by atoms with van der Waals surface area (Å²) >= 11 is 0. The van der Waals surface area contributed by atoms with E-state index >= 15 is 0 Å². The fourth-order valence-corrected chi connectivity index (χ4v) is 1.80. The SMILES string of the molecule is Cc1cc(C)n(C(=O)CCOc2cccc(F)c2)n1. The lowest BCUT2D eigenvalue weighted by Gasteiger charge is -2.06. The third-order valence-corrected chi connectivity index (χ3v) is 2.63. The maximum Gasteiger partial charge on any atom is 0.250 e. The van der Waals surface area contributed by atoms with Crippen LogP contribution in [0.25, 0.3) is 0 Å². The molecule has 2 aromatic rings. The van der Waals surface area contributed by atoms with E-state index in [1.54, 1.807) is 12.1 Å². The van der Waals surface area contributed by atoms with Crippen LogP contribution < -0.4 is 4.74 Å². The van der Waals surface area contributed by atoms with Crippen LogP contribution in [0.1, 0.15) is 22.6 Å². The summed E-state index contributed by atoms with van der Waals surface area (Å²) < 4.78 is 19.6. The van der Waals surface area contributed by atoms with Gasteiger partial charge in [-0.1, -0.05) is 6.07 Å². The molecule has 0 fully saturated rings. The molecule has 1 aromatic carbocycles. The predicted octanol–water partition coefficient (Wildman–Crippen LogP) is 2.75. The van der Waals surface area contributed by atoms with Crippen molar-refractivity contribution in [3.63, 3.8) is 0 Å². The van der Waals surface area contributed by atoms with Gasteiger partial charge in [0, 0.05) is 11.8 Å². The van der Waals surface area contributed by atoms with E-state index in [9.17, 15) is 9.18 Å². The lowest BCUT2D eigenvalue weighted by molar-refractivity contribution is 0.0862. The minimum absolute atomic E-state index is 0.137. The van der Waals surface area contributed by atoms with Crippen molar-refractivity contribution in [2.45, 2.75) is 20.3 Å². The van der Waals surface area contributed by atoms with Gasteiger partial charge in [0.1, 0.15) is 11.6 Å². The first kappa shape index (κ1) is 13.3. The normalized spacial score (nSPS) is 10.5. The van der Waals surface area contributed by atoms with E-state index in [0.717, 1.165) is 11.4 Å². The van der Waals surface area contributed by atoms with Crippen LogP contribution in [0.4, 0.5) is 4.39 Å². The third kappa shape index (κ3) is 3.40. The van der Waals surface area contributed by atoms with Crippen molar-refractivity contribution in [3.05, 3.63) is 47.5 Å². The molecule has 0 unspecified atom stereocenters. The number of rotatable bonds is 4. The van der Waals surface area contributed by atoms with Gasteiger partial charge in [0.25, 0.3) is 5.91 Å². The molecule has 0 saturated heterocycles. The Morgan fingerprint density at radius 2 is 2.16 bits per heavy atom. The lowest BCUT2D eigenvalue weighted by atomic mass is 10.3. The molecule has 0 bridgehead atoms. The lowest BCUT2D eigenvalue weighted by Crippen LogP contribution is -2.17. The number of nitrogens with zero attached hydrogens (tertiary/aromatic N) is 2. The van der Waals surface area contributed by atoms with Gasteiger partial charge in [0.05, 0.1) is 18.7 Å². The number of carbonyl (C=O) groups excluding carboxylic acids is 1. The van der Waals surface area contributed by atoms with E-state index in [2.05, 4.69) is 5.10 Å². The number of hydrogen-bond acceptors (Lipinski definition) is 3. The van der Waals surface area contributed by atoms with Crippen LogP contribution in [-0.4, -0.2) is 22.3 Å². The molecule has 0 amide bonds. The highest BCUT2D eigenvalue weighted by molar-refractivity contribution is 5.78. The van der Waals surface area contributed by atoms with Crippen molar-refractivity contribution in [1.29, 1.82) is 0 Å². The van der Waals surface area contributed by atoms with Crippen LogP contribution in [0.5, 0.6) is 5.75 Å². The molecule has 0 aliphatic heterocycles. The molecular formula is C14H15FN2O2. The molecule has 4 nitrogen and oxygen atoms in total. The summed E-state index contributed by atoms with van der Waals surface area (Å²) in [6, 6.07) is 7.68. The van der Waals surface area contributed by atoms with Crippen LogP contribution in [-0.2, 0) is 0 Å². The Hall–Kier alpha value is -2.17. The number of aryl methyl sites for hydroxylation is 2. The van der Waals surface area contributed by atoms with E-state index in [-0.39, 0.29) is 24.8 Å². The van der Waals surface area contributed by atoms with Crippen LogP contribution in [0, 0.1) is 19.7 Å². The highest BCUT2D eigenvalue weighted by Crippen LogP contribution is 2.12. The standard InChI is InChI=1S/C14H15FN2O2/c1-10-8-11(2)17(16-10)14(18)6-7-19-13-5-3-4-12(15)9-13/h3-5,8-9H,6-7H2,1-2H3. The number of ether oxygens (including phenoxy) is 1. The van der Waals surface area contributed by atoms with E-state index in [4.69, 9.17) is 4.74 Å². The van der Waals surface area contributed by atoms with Gasteiger partial charge >= 0.3 is 0 Å². The Morgan fingerprint density at radius 3 is 2.79 bits per heavy atom. The maximum absolute atomic E-state index is 12.9. The van der Waals surface area contributed by atoms with E-state index in [1.165, 1.54) is 16.8 Å². The van der Waals surface area contributed by atoms with Crippen molar-refractivity contribution in [1.82, 2.24) is 9.78 Å². The number of carbonyl (C=O) groups is 1. The Morgan fingerprint density at radius 1 is 1.37 bits per heavy atom. The summed E-state index contributed by atoms with van der Waals surface area (Å²) in [6.07, 6.45) is 0.193. The number of hydrogen-bond donors (Lipinski definition) is 0. The van der Waals surface area contributed by atoms with Gasteiger partial charge in [-0.15, -0.1) is 0 Å². The van der Waals surface area contributed by atoms with Gasteiger partial charge in [-0.05, 0) is 32.0 Å². The molecule has 1 heterocycles. The molecule has 0 atom stereocenters. The van der Waals surface area contributed by atoms with E-state index in [1.807, 2.05) is 19.9 Å². The Bertz CT molecular complexity index is 593. The molecule has 0 spiro atoms. The van der Waals surface area contributed by atoms with E-state index < -0.39 is 0 Å². The summed E-state index contributed by atoms with van der Waals surface area (Å²) in [5.41, 5.74) is 1.60. The average Bonchev–Trinajstić information content (AvgIpc) is 2.68. The second-order valence-corrected chi connectivity index (χ2v) is 4.29. The third-order valence-electron chi connectivity index (χ3n) is 2.63. The fourth-order valence-electron chi connectivity index (χ4n) is 1.80. The van der Waals surface area contributed by atoms with Crippen molar-refractivity contribution >= 4 is 5.91 Å². The summed E-state index contributed by atoms with van der Waals surface area (Å²) in [7, 11) is 0. The largest absolute Gasteiger partial charge is 0.493 e. The van der Waals surface area contributed by atoms with Crippen molar-refractivity contribution in [2.24, 2.45) is 0 Å². The fraction of sp³-hybridized carbons (Fsp3) is 0.286. The first-order valence-electron chi connectivity index (χ1n) is 6.01. The smallest absolute Gasteiger partial charge is 0.250 e. The first-order valence-corrected chi connectivity index (χ1v) is 6.01. The first-order chi connectivity index (χ1) is 9.06. The summed E-state index contributed by atoms with van der Waals surface area (Å²) in [5.74, 6) is -0.0782. The highest BCUT2D eigenvalue weighted by Gasteiger charge is 2.10. The minimum Gasteiger partial charge on any atom is -0.493 e. The van der Waals surface area contributed by atoms with Gasteiger partial charge in [-0.3, -0.25) is 4.79 Å². The molecule has 0 aliphatic rings. The van der Waals surface area contributed by atoms with Crippen LogP contribution >= 0.6 is 0 Å². The molecule has 2 rings (SSSR count). The maximum atomic E-state index is 12.9. The van der Waals surface area contributed by atoms with E-state index in [0.29, 0.717) is 5.75 Å². The van der Waals surface area contributed by atoms with Crippen LogP contribution in [0.15, 0.2) is 30.3 Å². The molecule has 19 heavy (non-hydrogen) atoms. The van der Waals surface area contributed by atoms with Gasteiger partial charge in [-0.25, -0.2) is 9.07 Å². The van der Waals surface area contributed by atoms with Gasteiger partial charge in [0.2, 0.25) is 0 Å². The summed E-state index contributed by atoms with van der Waals surface area (Å²) in [4.78, 5) is 11.9. The molecule has 100 valence electrons. The second kappa shape index (κ2) is 5.65. The van der Waals surface area contributed by atoms with Crippen molar-refractivity contribution in [2.75, 3.05) is 6.61 Å². The van der Waals surface area contributed by atoms with Crippen LogP contribution in [0.3, 0.4) is 0 Å². The highest BCUT2D eigenvalue weighted by atomic mass is 19.1. The number of benzene rings is 1. The van der Waals surface area contributed by atoms with Gasteiger partial charge in [0.15, 0.2) is 0 Å². The zero-order valence-corrected chi connectivity index (χ0v) is 10.9. The molecule has 5 heteroatoms. The average molecular weight is 262 g/mol. The monoisotopic (exact) mass is 262 g/mol. The summed E-state index contributed by atoms with van der Waals surface area (Å²) in [5, 5.41) is 4.10. The molecule has 0 aliphatic carbocycles. The quantitative estimate of drug-likeness (QED) is 0.851. The van der Waals surface area contributed by atoms with Crippen LogP contribution in [0.2, 0.25) is 0 Å². The molecule has 0 N–H and O–H groups in total. The van der Waals surface area contributed by atoms with Crippen molar-refractivity contribution in [3.8, 4) is 5.75 Å². The van der Waals surface area contributed by atoms with Gasteiger partial charge < -0.3 is 4.74 Å². The Balaban J connectivity index is 1.89. The number of aromatic nitrogens is 2. The molecule has 0 saturated carbocycles. The molecular weight excluding hydrogens is 247 g/mol. The second-order valence-electron chi connectivity index (χ2n) is 4.29. The molecule has 1 aromatic heterocycles. The topological polar surface area (TPSA) is 44.1 Å². The Kier molecular flexibility index (Phi) is 3.94.